The predicted molar refractivity (Wildman–Crippen MR) is 113 cm³/mol. The van der Waals surface area contributed by atoms with Crippen molar-refractivity contribution in [1.82, 2.24) is 5.32 Å². The molecule has 1 unspecified atom stereocenters. The molecule has 0 saturated heterocycles. The van der Waals surface area contributed by atoms with Gasteiger partial charge in [0.15, 0.2) is 6.10 Å². The summed E-state index contributed by atoms with van der Waals surface area (Å²) in [7, 11) is 0. The van der Waals surface area contributed by atoms with E-state index >= 15 is 0 Å². The average molecular weight is 393 g/mol. The van der Waals surface area contributed by atoms with Gasteiger partial charge in [0.1, 0.15) is 5.70 Å². The molecule has 0 radical (unpaired) electrons. The fraction of sp³-hybridized carbons (Fsp3) is 0.292. The van der Waals surface area contributed by atoms with Gasteiger partial charge in [0.25, 0.3) is 0 Å². The summed E-state index contributed by atoms with van der Waals surface area (Å²) >= 11 is 0. The zero-order chi connectivity index (χ0) is 21.6. The zero-order valence-corrected chi connectivity index (χ0v) is 17.5. The van der Waals surface area contributed by atoms with Crippen LogP contribution in [0.25, 0.3) is 6.08 Å². The maximum atomic E-state index is 12.7. The highest BCUT2D eigenvalue weighted by molar-refractivity contribution is 6.03. The molecule has 1 N–H and O–H groups in total. The molecule has 0 aliphatic heterocycles. The topological polar surface area (TPSA) is 72.5 Å². The van der Waals surface area contributed by atoms with E-state index in [0.717, 1.165) is 11.1 Å². The number of carbonyl (C=O) groups excluding carboxylic acids is 3. The number of ketones is 1. The van der Waals surface area contributed by atoms with Crippen LogP contribution in [0.1, 0.15) is 56.1 Å². The number of amides is 1. The molecule has 5 heteroatoms. The van der Waals surface area contributed by atoms with Gasteiger partial charge in [0, 0.05) is 12.5 Å². The van der Waals surface area contributed by atoms with Crippen molar-refractivity contribution < 1.29 is 19.1 Å². The van der Waals surface area contributed by atoms with Gasteiger partial charge < -0.3 is 10.1 Å². The van der Waals surface area contributed by atoms with Crippen LogP contribution in [0, 0.1) is 0 Å². The molecule has 2 aromatic rings. The maximum absolute atomic E-state index is 12.7. The Kier molecular flexibility index (Phi) is 7.10. The first-order chi connectivity index (χ1) is 13.6. The van der Waals surface area contributed by atoms with E-state index in [1.165, 1.54) is 19.9 Å². The van der Waals surface area contributed by atoms with Crippen LogP contribution in [0.5, 0.6) is 0 Å². The quantitative estimate of drug-likeness (QED) is 0.452. The number of nitrogens with one attached hydrogen (secondary N) is 1. The number of hydrogen-bond acceptors (Lipinski definition) is 4. The van der Waals surface area contributed by atoms with Gasteiger partial charge in [-0.2, -0.15) is 0 Å². The Bertz CT molecular complexity index is 906. The molecule has 0 heterocycles. The van der Waals surface area contributed by atoms with Crippen molar-refractivity contribution >= 4 is 23.7 Å². The summed E-state index contributed by atoms with van der Waals surface area (Å²) in [5, 5.41) is 2.47. The smallest absolute Gasteiger partial charge is 0.355 e. The molecular weight excluding hydrogens is 366 g/mol. The minimum Gasteiger partial charge on any atom is -0.450 e. The molecule has 0 spiro atoms. The molecule has 0 aliphatic carbocycles. The fourth-order valence-corrected chi connectivity index (χ4v) is 2.70. The van der Waals surface area contributed by atoms with Crippen molar-refractivity contribution in [3.63, 3.8) is 0 Å². The Morgan fingerprint density at radius 3 is 2.07 bits per heavy atom. The minimum atomic E-state index is -0.990. The monoisotopic (exact) mass is 393 g/mol. The van der Waals surface area contributed by atoms with E-state index in [0.29, 0.717) is 5.56 Å². The van der Waals surface area contributed by atoms with Crippen LogP contribution in [0.3, 0.4) is 0 Å². The van der Waals surface area contributed by atoms with E-state index in [4.69, 9.17) is 4.74 Å². The predicted octanol–water partition coefficient (Wildman–Crippen LogP) is 4.28. The molecule has 29 heavy (non-hydrogen) atoms. The number of esters is 1. The highest BCUT2D eigenvalue weighted by Gasteiger charge is 2.23. The number of Topliss-reactive ketones (excluding diaryl/α,β-unsaturated/α-hetero) is 1. The summed E-state index contributed by atoms with van der Waals surface area (Å²) in [4.78, 5) is 36.7. The second-order valence-corrected chi connectivity index (χ2v) is 7.89. The Balaban J connectivity index is 2.15. The third-order valence-electron chi connectivity index (χ3n) is 4.33. The highest BCUT2D eigenvalue weighted by atomic mass is 16.5. The highest BCUT2D eigenvalue weighted by Crippen LogP contribution is 2.22. The number of hydrogen-bond donors (Lipinski definition) is 1. The van der Waals surface area contributed by atoms with Gasteiger partial charge in [0.05, 0.1) is 0 Å². The molecule has 0 aromatic heterocycles. The molecule has 2 rings (SSSR count). The van der Waals surface area contributed by atoms with Gasteiger partial charge in [-0.05, 0) is 29.5 Å². The summed E-state index contributed by atoms with van der Waals surface area (Å²) in [5.74, 6) is -1.47. The summed E-state index contributed by atoms with van der Waals surface area (Å²) in [6, 6.07) is 16.3. The molecule has 1 amide bonds. The molecule has 0 aliphatic rings. The minimum absolute atomic E-state index is 0.0187. The molecule has 5 nitrogen and oxygen atoms in total. The summed E-state index contributed by atoms with van der Waals surface area (Å²) in [6.45, 7) is 9.10. The second-order valence-electron chi connectivity index (χ2n) is 7.89. The third-order valence-corrected chi connectivity index (χ3v) is 4.33. The van der Waals surface area contributed by atoms with Crippen molar-refractivity contribution in [2.75, 3.05) is 0 Å². The van der Waals surface area contributed by atoms with Crippen molar-refractivity contribution in [2.45, 2.75) is 46.1 Å². The Hall–Kier alpha value is -3.21. The van der Waals surface area contributed by atoms with Crippen LogP contribution in [-0.2, 0) is 19.7 Å². The number of ether oxygens (including phenoxy) is 1. The van der Waals surface area contributed by atoms with Crippen LogP contribution in [-0.4, -0.2) is 23.8 Å². The second kappa shape index (κ2) is 9.32. The Labute approximate surface area is 171 Å². The van der Waals surface area contributed by atoms with Crippen LogP contribution in [0.4, 0.5) is 0 Å². The van der Waals surface area contributed by atoms with Crippen LogP contribution in [0.15, 0.2) is 60.3 Å². The molecule has 152 valence electrons. The standard InChI is InChI=1S/C24H27NO4/c1-16(22(27)19-11-13-20(14-12-19)24(3,4)5)29-23(28)21(25-17(2)26)15-18-9-7-6-8-10-18/h6-16H,1-5H3,(H,25,26)/b21-15-. The van der Waals surface area contributed by atoms with E-state index in [1.54, 1.807) is 24.3 Å². The van der Waals surface area contributed by atoms with E-state index in [1.807, 2.05) is 30.3 Å². The first-order valence-electron chi connectivity index (χ1n) is 9.48. The molecule has 0 bridgehead atoms. The van der Waals surface area contributed by atoms with Gasteiger partial charge in [-0.3, -0.25) is 9.59 Å². The molecular formula is C24H27NO4. The largest absolute Gasteiger partial charge is 0.450 e. The van der Waals surface area contributed by atoms with Crippen molar-refractivity contribution in [2.24, 2.45) is 0 Å². The van der Waals surface area contributed by atoms with E-state index < -0.39 is 18.0 Å². The lowest BCUT2D eigenvalue weighted by Gasteiger charge is -2.19. The molecule has 0 saturated carbocycles. The van der Waals surface area contributed by atoms with E-state index in [-0.39, 0.29) is 16.9 Å². The lowest BCUT2D eigenvalue weighted by atomic mass is 9.86. The van der Waals surface area contributed by atoms with Gasteiger partial charge >= 0.3 is 5.97 Å². The molecule has 2 aromatic carbocycles. The van der Waals surface area contributed by atoms with Crippen molar-refractivity contribution in [1.29, 1.82) is 0 Å². The summed E-state index contributed by atoms with van der Waals surface area (Å²) < 4.78 is 5.33. The number of carbonyl (C=O) groups is 3. The van der Waals surface area contributed by atoms with Crippen molar-refractivity contribution in [3.8, 4) is 0 Å². The maximum Gasteiger partial charge on any atom is 0.355 e. The Morgan fingerprint density at radius 1 is 0.966 bits per heavy atom. The lowest BCUT2D eigenvalue weighted by molar-refractivity contribution is -0.142. The summed E-state index contributed by atoms with van der Waals surface area (Å²) in [5.41, 5.74) is 2.26. The number of rotatable bonds is 6. The third kappa shape index (κ3) is 6.42. The van der Waals surface area contributed by atoms with Crippen molar-refractivity contribution in [3.05, 3.63) is 77.0 Å². The van der Waals surface area contributed by atoms with Gasteiger partial charge in [-0.1, -0.05) is 75.4 Å². The van der Waals surface area contributed by atoms with Gasteiger partial charge in [-0.25, -0.2) is 4.79 Å². The normalized spacial score (nSPS) is 12.8. The molecule has 1 atom stereocenters. The zero-order valence-electron chi connectivity index (χ0n) is 17.5. The average Bonchev–Trinajstić information content (AvgIpc) is 2.66. The molecule has 0 fully saturated rings. The van der Waals surface area contributed by atoms with Gasteiger partial charge in [-0.15, -0.1) is 0 Å². The summed E-state index contributed by atoms with van der Waals surface area (Å²) in [6.07, 6.45) is 0.523. The SMILES string of the molecule is CC(=O)N/C(=C\c1ccccc1)C(=O)OC(C)C(=O)c1ccc(C(C)(C)C)cc1. The first-order valence-corrected chi connectivity index (χ1v) is 9.48. The Morgan fingerprint density at radius 2 is 1.55 bits per heavy atom. The van der Waals surface area contributed by atoms with Gasteiger partial charge in [0.2, 0.25) is 11.7 Å². The van der Waals surface area contributed by atoms with Crippen LogP contribution in [0.2, 0.25) is 0 Å². The van der Waals surface area contributed by atoms with Crippen LogP contribution >= 0.6 is 0 Å². The first kappa shape index (κ1) is 22.1. The number of benzene rings is 2. The van der Waals surface area contributed by atoms with E-state index in [2.05, 4.69) is 26.1 Å². The lowest BCUT2D eigenvalue weighted by Crippen LogP contribution is -2.31. The van der Waals surface area contributed by atoms with E-state index in [9.17, 15) is 14.4 Å². The fourth-order valence-electron chi connectivity index (χ4n) is 2.70. The van der Waals surface area contributed by atoms with Crippen LogP contribution < -0.4 is 5.32 Å².